The predicted molar refractivity (Wildman–Crippen MR) is 119 cm³/mol. The van der Waals surface area contributed by atoms with E-state index in [2.05, 4.69) is 10.1 Å². The lowest BCUT2D eigenvalue weighted by Gasteiger charge is -2.26. The molecule has 32 heavy (non-hydrogen) atoms. The van der Waals surface area contributed by atoms with Crippen LogP contribution in [0.15, 0.2) is 53.4 Å². The molecule has 1 atom stereocenters. The number of carbonyl (C=O) groups excluding carboxylic acids is 1. The minimum atomic E-state index is -0.0827. The molecule has 1 aliphatic rings. The molecule has 0 N–H and O–H groups in total. The molecular weight excluding hydrogens is 406 g/mol. The van der Waals surface area contributed by atoms with Gasteiger partial charge in [-0.05, 0) is 49.6 Å². The topological polar surface area (TPSA) is 86.3 Å². The Kier molecular flexibility index (Phi) is 5.45. The third-order valence-corrected chi connectivity index (χ3v) is 5.80. The fourth-order valence-corrected chi connectivity index (χ4v) is 4.30. The molecule has 8 nitrogen and oxygen atoms in total. The molecule has 1 aliphatic heterocycles. The summed E-state index contributed by atoms with van der Waals surface area (Å²) >= 11 is 0. The zero-order valence-corrected chi connectivity index (χ0v) is 18.2. The van der Waals surface area contributed by atoms with Crippen molar-refractivity contribution >= 4 is 16.9 Å². The van der Waals surface area contributed by atoms with E-state index in [4.69, 9.17) is 14.1 Å². The average molecular weight is 431 g/mol. The van der Waals surface area contributed by atoms with Crippen LogP contribution in [0.25, 0.3) is 22.5 Å². The SMILES string of the molecule is Cc1nn(C)c2nc(-c3ccco3)cc(C(=O)N(Cc3cccnc3)C[C@H]3CCCO3)c12. The third-order valence-electron chi connectivity index (χ3n) is 5.80. The van der Waals surface area contributed by atoms with Gasteiger partial charge in [0.2, 0.25) is 0 Å². The molecule has 5 heterocycles. The Hall–Kier alpha value is -3.52. The van der Waals surface area contributed by atoms with Crippen LogP contribution in [0.5, 0.6) is 0 Å². The van der Waals surface area contributed by atoms with E-state index in [-0.39, 0.29) is 12.0 Å². The number of carbonyl (C=O) groups is 1. The molecule has 0 spiro atoms. The van der Waals surface area contributed by atoms with Crippen molar-refractivity contribution in [3.8, 4) is 11.5 Å². The lowest BCUT2D eigenvalue weighted by molar-refractivity contribution is 0.0508. The van der Waals surface area contributed by atoms with Gasteiger partial charge in [0.05, 0.1) is 29.0 Å². The highest BCUT2D eigenvalue weighted by Crippen LogP contribution is 2.29. The number of furan rings is 1. The molecule has 5 rings (SSSR count). The van der Waals surface area contributed by atoms with E-state index in [0.717, 1.165) is 36.1 Å². The van der Waals surface area contributed by atoms with Crippen LogP contribution in [0.1, 0.15) is 34.5 Å². The van der Waals surface area contributed by atoms with Gasteiger partial charge in [0.1, 0.15) is 5.69 Å². The number of hydrogen-bond acceptors (Lipinski definition) is 6. The minimum Gasteiger partial charge on any atom is -0.463 e. The summed E-state index contributed by atoms with van der Waals surface area (Å²) in [6, 6.07) is 9.32. The number of nitrogens with zero attached hydrogens (tertiary/aromatic N) is 5. The smallest absolute Gasteiger partial charge is 0.255 e. The van der Waals surface area contributed by atoms with Crippen molar-refractivity contribution in [3.05, 3.63) is 65.8 Å². The normalized spacial score (nSPS) is 16.0. The number of aryl methyl sites for hydroxylation is 2. The number of ether oxygens (including phenoxy) is 1. The van der Waals surface area contributed by atoms with Gasteiger partial charge in [0, 0.05) is 39.1 Å². The zero-order valence-electron chi connectivity index (χ0n) is 18.2. The molecule has 0 aromatic carbocycles. The molecule has 1 saturated heterocycles. The number of aromatic nitrogens is 4. The highest BCUT2D eigenvalue weighted by Gasteiger charge is 2.27. The summed E-state index contributed by atoms with van der Waals surface area (Å²) in [5.74, 6) is 0.526. The molecule has 0 bridgehead atoms. The van der Waals surface area contributed by atoms with E-state index in [1.807, 2.05) is 49.2 Å². The van der Waals surface area contributed by atoms with Crippen LogP contribution in [0, 0.1) is 6.92 Å². The maximum Gasteiger partial charge on any atom is 0.255 e. The van der Waals surface area contributed by atoms with Crippen LogP contribution >= 0.6 is 0 Å². The summed E-state index contributed by atoms with van der Waals surface area (Å²) in [5, 5.41) is 5.28. The fourth-order valence-electron chi connectivity index (χ4n) is 4.30. The Labute approximate surface area is 185 Å². The van der Waals surface area contributed by atoms with Gasteiger partial charge in [-0.25, -0.2) is 4.98 Å². The molecule has 1 fully saturated rings. The van der Waals surface area contributed by atoms with Gasteiger partial charge in [-0.2, -0.15) is 5.10 Å². The van der Waals surface area contributed by atoms with E-state index < -0.39 is 0 Å². The Morgan fingerprint density at radius 2 is 2.22 bits per heavy atom. The zero-order chi connectivity index (χ0) is 22.1. The van der Waals surface area contributed by atoms with Gasteiger partial charge >= 0.3 is 0 Å². The standard InChI is InChI=1S/C24H25N5O3/c1-16-22-19(12-20(21-8-5-11-32-21)26-23(22)28(2)27-16)24(30)29(15-18-7-4-10-31-18)14-17-6-3-9-25-13-17/h3,5-6,8-9,11-13,18H,4,7,10,14-15H2,1-2H3/t18-/m1/s1. The van der Waals surface area contributed by atoms with Crippen molar-refractivity contribution in [1.82, 2.24) is 24.6 Å². The second-order valence-corrected chi connectivity index (χ2v) is 8.12. The van der Waals surface area contributed by atoms with Crippen molar-refractivity contribution < 1.29 is 13.9 Å². The Balaban J connectivity index is 1.59. The summed E-state index contributed by atoms with van der Waals surface area (Å²) in [6.07, 6.45) is 7.13. The van der Waals surface area contributed by atoms with Gasteiger partial charge in [0.25, 0.3) is 5.91 Å². The molecule has 164 valence electrons. The van der Waals surface area contributed by atoms with E-state index in [1.54, 1.807) is 23.3 Å². The number of rotatable bonds is 6. The molecule has 4 aromatic rings. The monoisotopic (exact) mass is 431 g/mol. The quantitative estimate of drug-likeness (QED) is 0.462. The van der Waals surface area contributed by atoms with Crippen LogP contribution in [-0.2, 0) is 18.3 Å². The number of pyridine rings is 2. The second kappa shape index (κ2) is 8.55. The largest absolute Gasteiger partial charge is 0.463 e. The summed E-state index contributed by atoms with van der Waals surface area (Å²) in [5.41, 5.74) is 3.56. The highest BCUT2D eigenvalue weighted by molar-refractivity contribution is 6.07. The third kappa shape index (κ3) is 3.89. The predicted octanol–water partition coefficient (Wildman–Crippen LogP) is 3.75. The molecule has 0 saturated carbocycles. The number of amides is 1. The summed E-state index contributed by atoms with van der Waals surface area (Å²) in [6.45, 7) is 3.61. The highest BCUT2D eigenvalue weighted by atomic mass is 16.5. The average Bonchev–Trinajstić information content (AvgIpc) is 3.56. The molecule has 1 amide bonds. The van der Waals surface area contributed by atoms with E-state index in [1.165, 1.54) is 0 Å². The molecule has 8 heteroatoms. The molecule has 4 aromatic heterocycles. The van der Waals surface area contributed by atoms with Crippen molar-refractivity contribution in [1.29, 1.82) is 0 Å². The Morgan fingerprint density at radius 3 is 2.94 bits per heavy atom. The first kappa shape index (κ1) is 20.4. The van der Waals surface area contributed by atoms with Gasteiger partial charge < -0.3 is 14.1 Å². The number of fused-ring (bicyclic) bond motifs is 1. The Bertz CT molecular complexity index is 1230. The van der Waals surface area contributed by atoms with E-state index in [9.17, 15) is 4.79 Å². The molecule has 0 unspecified atom stereocenters. The van der Waals surface area contributed by atoms with Crippen LogP contribution in [-0.4, -0.2) is 49.8 Å². The van der Waals surface area contributed by atoms with Gasteiger partial charge in [-0.15, -0.1) is 0 Å². The lowest BCUT2D eigenvalue weighted by Crippen LogP contribution is -2.37. The number of hydrogen-bond donors (Lipinski definition) is 0. The molecular formula is C24H25N5O3. The van der Waals surface area contributed by atoms with Gasteiger partial charge in [-0.1, -0.05) is 6.07 Å². The second-order valence-electron chi connectivity index (χ2n) is 8.12. The first-order valence-corrected chi connectivity index (χ1v) is 10.8. The van der Waals surface area contributed by atoms with E-state index >= 15 is 0 Å². The van der Waals surface area contributed by atoms with E-state index in [0.29, 0.717) is 35.8 Å². The molecule has 0 aliphatic carbocycles. The fraction of sp³-hybridized carbons (Fsp3) is 0.333. The van der Waals surface area contributed by atoms with Crippen LogP contribution in [0.3, 0.4) is 0 Å². The van der Waals surface area contributed by atoms with Gasteiger partial charge in [0.15, 0.2) is 11.4 Å². The first-order chi connectivity index (χ1) is 15.6. The lowest BCUT2D eigenvalue weighted by atomic mass is 10.1. The summed E-state index contributed by atoms with van der Waals surface area (Å²) in [4.78, 5) is 24.8. The van der Waals surface area contributed by atoms with Crippen LogP contribution in [0.4, 0.5) is 0 Å². The molecule has 0 radical (unpaired) electrons. The van der Waals surface area contributed by atoms with Crippen molar-refractivity contribution in [2.75, 3.05) is 13.2 Å². The maximum atomic E-state index is 14.0. The minimum absolute atomic E-state index is 0.0347. The van der Waals surface area contributed by atoms with Crippen molar-refractivity contribution in [3.63, 3.8) is 0 Å². The van der Waals surface area contributed by atoms with Crippen molar-refractivity contribution in [2.24, 2.45) is 7.05 Å². The van der Waals surface area contributed by atoms with Crippen molar-refractivity contribution in [2.45, 2.75) is 32.4 Å². The Morgan fingerprint density at radius 1 is 1.31 bits per heavy atom. The van der Waals surface area contributed by atoms with Crippen LogP contribution in [0.2, 0.25) is 0 Å². The maximum absolute atomic E-state index is 14.0. The summed E-state index contributed by atoms with van der Waals surface area (Å²) in [7, 11) is 1.84. The first-order valence-electron chi connectivity index (χ1n) is 10.8. The van der Waals surface area contributed by atoms with Crippen LogP contribution < -0.4 is 0 Å². The summed E-state index contributed by atoms with van der Waals surface area (Å²) < 4.78 is 13.1. The van der Waals surface area contributed by atoms with Gasteiger partial charge in [-0.3, -0.25) is 14.5 Å².